The minimum absolute atomic E-state index is 0.0529. The minimum atomic E-state index is -0.454. The molecule has 0 unspecified atom stereocenters. The lowest BCUT2D eigenvalue weighted by Gasteiger charge is -2.11. The summed E-state index contributed by atoms with van der Waals surface area (Å²) in [7, 11) is 4.34. The van der Waals surface area contributed by atoms with Gasteiger partial charge in [-0.3, -0.25) is 0 Å². The molecule has 0 aliphatic rings. The van der Waals surface area contributed by atoms with Crippen LogP contribution in [-0.2, 0) is 4.74 Å². The van der Waals surface area contributed by atoms with E-state index in [1.54, 1.807) is 24.3 Å². The van der Waals surface area contributed by atoms with Crippen molar-refractivity contribution >= 4 is 12.0 Å². The van der Waals surface area contributed by atoms with Gasteiger partial charge in [0.1, 0.15) is 0 Å². The van der Waals surface area contributed by atoms with Crippen LogP contribution >= 0.6 is 0 Å². The Kier molecular flexibility index (Phi) is 5.89. The summed E-state index contributed by atoms with van der Waals surface area (Å²) in [6.07, 6.45) is 4.02. The second-order valence-corrected chi connectivity index (χ2v) is 3.70. The Hall–Kier alpha value is -2.01. The molecule has 0 spiro atoms. The van der Waals surface area contributed by atoms with Crippen LogP contribution in [0.4, 0.5) is 0 Å². The largest absolute Gasteiger partial charge is 0.493 e. The van der Waals surface area contributed by atoms with Gasteiger partial charge in [0.15, 0.2) is 11.5 Å². The van der Waals surface area contributed by atoms with E-state index in [2.05, 4.69) is 0 Å². The summed E-state index contributed by atoms with van der Waals surface area (Å²) < 4.78 is 15.1. The monoisotopic (exact) mass is 266 g/mol. The zero-order valence-electron chi connectivity index (χ0n) is 11.3. The molecule has 0 saturated heterocycles. The molecule has 5 heteroatoms. The standard InChI is InChI=1S/C14H18O5/c1-17-12-8-10(6-4-5-7-15)11(14(16)19-3)9-13(12)18-2/h4,6,8-9,15H,5,7H2,1-3H3/b6-4+. The third kappa shape index (κ3) is 3.72. The number of methoxy groups -OCH3 is 3. The number of benzene rings is 1. The van der Waals surface area contributed by atoms with E-state index in [4.69, 9.17) is 19.3 Å². The van der Waals surface area contributed by atoms with Gasteiger partial charge >= 0.3 is 5.97 Å². The van der Waals surface area contributed by atoms with Crippen LogP contribution in [0.15, 0.2) is 18.2 Å². The van der Waals surface area contributed by atoms with E-state index in [1.165, 1.54) is 21.3 Å². The maximum absolute atomic E-state index is 11.7. The quantitative estimate of drug-likeness (QED) is 0.796. The Balaban J connectivity index is 3.27. The number of esters is 1. The SMILES string of the molecule is COC(=O)c1cc(OC)c(OC)cc1/C=C/CCO. The number of carbonyl (C=O) groups excluding carboxylic acids is 1. The fourth-order valence-electron chi connectivity index (χ4n) is 1.60. The molecule has 0 saturated carbocycles. The molecule has 0 radical (unpaired) electrons. The van der Waals surface area contributed by atoms with E-state index in [0.717, 1.165) is 0 Å². The average molecular weight is 266 g/mol. The summed E-state index contributed by atoms with van der Waals surface area (Å²) in [4.78, 5) is 11.7. The fraction of sp³-hybridized carbons (Fsp3) is 0.357. The predicted molar refractivity (Wildman–Crippen MR) is 71.6 cm³/mol. The zero-order valence-corrected chi connectivity index (χ0v) is 11.3. The van der Waals surface area contributed by atoms with Crippen LogP contribution < -0.4 is 9.47 Å². The molecule has 0 fully saturated rings. The highest BCUT2D eigenvalue weighted by molar-refractivity contribution is 5.94. The normalized spacial score (nSPS) is 10.5. The molecule has 0 heterocycles. The van der Waals surface area contributed by atoms with Crippen LogP contribution in [0, 0.1) is 0 Å². The summed E-state index contributed by atoms with van der Waals surface area (Å²) in [5.74, 6) is 0.533. The summed E-state index contributed by atoms with van der Waals surface area (Å²) in [6.45, 7) is 0.0529. The van der Waals surface area contributed by atoms with Crippen molar-refractivity contribution in [2.45, 2.75) is 6.42 Å². The molecule has 1 aromatic carbocycles. The minimum Gasteiger partial charge on any atom is -0.493 e. The first kappa shape index (κ1) is 15.0. The van der Waals surface area contributed by atoms with Crippen molar-refractivity contribution in [2.75, 3.05) is 27.9 Å². The van der Waals surface area contributed by atoms with E-state index in [-0.39, 0.29) is 6.61 Å². The molecule has 0 aliphatic heterocycles. The molecule has 0 amide bonds. The molecule has 0 aromatic heterocycles. The van der Waals surface area contributed by atoms with E-state index in [9.17, 15) is 4.79 Å². The van der Waals surface area contributed by atoms with E-state index < -0.39 is 5.97 Å². The Morgan fingerprint density at radius 1 is 1.21 bits per heavy atom. The van der Waals surface area contributed by atoms with Gasteiger partial charge in [-0.25, -0.2) is 4.79 Å². The molecule has 104 valence electrons. The second kappa shape index (κ2) is 7.43. The van der Waals surface area contributed by atoms with Crippen LogP contribution in [0.2, 0.25) is 0 Å². The van der Waals surface area contributed by atoms with E-state index >= 15 is 0 Å². The van der Waals surface area contributed by atoms with Crippen molar-refractivity contribution in [1.29, 1.82) is 0 Å². The zero-order chi connectivity index (χ0) is 14.3. The highest BCUT2D eigenvalue weighted by Crippen LogP contribution is 2.31. The Morgan fingerprint density at radius 2 is 1.84 bits per heavy atom. The third-order valence-corrected chi connectivity index (χ3v) is 2.55. The van der Waals surface area contributed by atoms with Gasteiger partial charge in [0.2, 0.25) is 0 Å². The Morgan fingerprint density at radius 3 is 2.37 bits per heavy atom. The molecule has 0 atom stereocenters. The first-order valence-electron chi connectivity index (χ1n) is 5.79. The number of rotatable bonds is 6. The van der Waals surface area contributed by atoms with E-state index in [1.807, 2.05) is 0 Å². The van der Waals surface area contributed by atoms with Crippen LogP contribution in [0.5, 0.6) is 11.5 Å². The van der Waals surface area contributed by atoms with Gasteiger partial charge < -0.3 is 19.3 Å². The maximum Gasteiger partial charge on any atom is 0.338 e. The Labute approximate surface area is 112 Å². The molecule has 5 nitrogen and oxygen atoms in total. The number of aliphatic hydroxyl groups is 1. The predicted octanol–water partition coefficient (Wildman–Crippen LogP) is 1.89. The number of hydrogen-bond acceptors (Lipinski definition) is 5. The lowest BCUT2D eigenvalue weighted by molar-refractivity contribution is 0.0600. The number of ether oxygens (including phenoxy) is 3. The lowest BCUT2D eigenvalue weighted by Crippen LogP contribution is -2.05. The van der Waals surface area contributed by atoms with Gasteiger partial charge in [-0.05, 0) is 24.1 Å². The lowest BCUT2D eigenvalue weighted by atomic mass is 10.1. The summed E-state index contributed by atoms with van der Waals surface area (Å²) >= 11 is 0. The van der Waals surface area contributed by atoms with Gasteiger partial charge in [0.05, 0.1) is 26.9 Å². The highest BCUT2D eigenvalue weighted by Gasteiger charge is 2.15. The maximum atomic E-state index is 11.7. The molecule has 1 rings (SSSR count). The van der Waals surface area contributed by atoms with Crippen molar-refractivity contribution in [1.82, 2.24) is 0 Å². The van der Waals surface area contributed by atoms with Crippen LogP contribution in [0.1, 0.15) is 22.3 Å². The van der Waals surface area contributed by atoms with Crippen molar-refractivity contribution in [2.24, 2.45) is 0 Å². The van der Waals surface area contributed by atoms with Crippen LogP contribution in [0.25, 0.3) is 6.08 Å². The van der Waals surface area contributed by atoms with Gasteiger partial charge in [0.25, 0.3) is 0 Å². The summed E-state index contributed by atoms with van der Waals surface area (Å²) in [5.41, 5.74) is 1.03. The summed E-state index contributed by atoms with van der Waals surface area (Å²) in [6, 6.07) is 3.27. The first-order valence-corrected chi connectivity index (χ1v) is 5.79. The first-order chi connectivity index (χ1) is 9.17. The van der Waals surface area contributed by atoms with Crippen molar-refractivity contribution in [3.63, 3.8) is 0 Å². The van der Waals surface area contributed by atoms with Gasteiger partial charge in [-0.2, -0.15) is 0 Å². The van der Waals surface area contributed by atoms with Gasteiger partial charge in [-0.1, -0.05) is 12.2 Å². The van der Waals surface area contributed by atoms with E-state index in [0.29, 0.717) is 29.0 Å². The molecule has 1 aromatic rings. The smallest absolute Gasteiger partial charge is 0.338 e. The Bertz CT molecular complexity index is 465. The molecular weight excluding hydrogens is 248 g/mol. The average Bonchev–Trinajstić information content (AvgIpc) is 2.46. The van der Waals surface area contributed by atoms with Crippen molar-refractivity contribution in [3.05, 3.63) is 29.3 Å². The highest BCUT2D eigenvalue weighted by atomic mass is 16.5. The second-order valence-electron chi connectivity index (χ2n) is 3.70. The van der Waals surface area contributed by atoms with Gasteiger partial charge in [-0.15, -0.1) is 0 Å². The number of aliphatic hydroxyl groups excluding tert-OH is 1. The number of carbonyl (C=O) groups is 1. The van der Waals surface area contributed by atoms with Crippen LogP contribution in [-0.4, -0.2) is 39.0 Å². The molecule has 0 aliphatic carbocycles. The topological polar surface area (TPSA) is 65.0 Å². The van der Waals surface area contributed by atoms with Crippen molar-refractivity contribution < 1.29 is 24.1 Å². The van der Waals surface area contributed by atoms with Crippen LogP contribution in [0.3, 0.4) is 0 Å². The number of hydrogen-bond donors (Lipinski definition) is 1. The van der Waals surface area contributed by atoms with Crippen molar-refractivity contribution in [3.8, 4) is 11.5 Å². The molecule has 0 bridgehead atoms. The van der Waals surface area contributed by atoms with Gasteiger partial charge in [0, 0.05) is 6.61 Å². The third-order valence-electron chi connectivity index (χ3n) is 2.55. The fourth-order valence-corrected chi connectivity index (χ4v) is 1.60. The molecule has 1 N–H and O–H groups in total. The molecule has 19 heavy (non-hydrogen) atoms. The molecular formula is C14H18O5. The summed E-state index contributed by atoms with van der Waals surface area (Å²) in [5, 5.41) is 8.76.